The minimum absolute atomic E-state index is 0.386. The third kappa shape index (κ3) is 1.48. The van der Waals surface area contributed by atoms with Crippen LogP contribution in [0.3, 0.4) is 0 Å². The summed E-state index contributed by atoms with van der Waals surface area (Å²) in [5, 5.41) is 4.25. The minimum atomic E-state index is 0.386. The predicted molar refractivity (Wildman–Crippen MR) is 49.2 cm³/mol. The number of nitrogen functional groups attached to an aromatic ring is 1. The Hall–Kier alpha value is -1.55. The number of nitrogens with zero attached hydrogens (tertiary/aromatic N) is 2. The third-order valence-electron chi connectivity index (χ3n) is 1.59. The molecule has 4 nitrogen and oxygen atoms in total. The van der Waals surface area contributed by atoms with Gasteiger partial charge in [0.2, 0.25) is 0 Å². The van der Waals surface area contributed by atoms with Crippen LogP contribution in [0.2, 0.25) is 5.02 Å². The van der Waals surface area contributed by atoms with Crippen LogP contribution in [0.1, 0.15) is 0 Å². The van der Waals surface area contributed by atoms with Gasteiger partial charge in [-0.3, -0.25) is 0 Å². The average Bonchev–Trinajstić information content (AvgIpc) is 2.56. The van der Waals surface area contributed by atoms with E-state index >= 15 is 0 Å². The van der Waals surface area contributed by atoms with Gasteiger partial charge in [-0.15, -0.1) is 0 Å². The van der Waals surface area contributed by atoms with Crippen molar-refractivity contribution in [1.82, 2.24) is 10.1 Å². The van der Waals surface area contributed by atoms with Crippen LogP contribution in [0, 0.1) is 0 Å². The highest BCUT2D eigenvalue weighted by Gasteiger charge is 2.06. The van der Waals surface area contributed by atoms with Crippen LogP contribution in [0.4, 0.5) is 5.82 Å². The van der Waals surface area contributed by atoms with Gasteiger partial charge in [0, 0.05) is 17.8 Å². The van der Waals surface area contributed by atoms with Gasteiger partial charge in [0.25, 0.3) is 0 Å². The van der Waals surface area contributed by atoms with E-state index in [2.05, 4.69) is 14.7 Å². The first-order valence-corrected chi connectivity index (χ1v) is 3.97. The third-order valence-corrected chi connectivity index (χ3v) is 1.90. The fraction of sp³-hybridized carbons (Fsp3) is 0. The van der Waals surface area contributed by atoms with Crippen LogP contribution in [-0.4, -0.2) is 10.1 Å². The molecule has 0 unspecified atom stereocenters. The van der Waals surface area contributed by atoms with Crippen LogP contribution < -0.4 is 5.73 Å². The molecule has 66 valence electrons. The second-order valence-corrected chi connectivity index (χ2v) is 2.88. The van der Waals surface area contributed by atoms with Gasteiger partial charge in [0.05, 0.1) is 5.02 Å². The molecule has 0 bridgehead atoms. The number of anilines is 1. The Morgan fingerprint density at radius 1 is 1.46 bits per heavy atom. The molecular formula is C8H6ClN3O. The molecule has 2 heterocycles. The highest BCUT2D eigenvalue weighted by atomic mass is 35.5. The smallest absolute Gasteiger partial charge is 0.124 e. The molecule has 0 spiro atoms. The molecule has 0 radical (unpaired) electrons. The summed E-state index contributed by atoms with van der Waals surface area (Å²) < 4.78 is 4.69. The minimum Gasteiger partial charge on any atom is -0.384 e. The van der Waals surface area contributed by atoms with Crippen molar-refractivity contribution in [2.24, 2.45) is 0 Å². The van der Waals surface area contributed by atoms with Crippen molar-refractivity contribution < 1.29 is 4.52 Å². The summed E-state index contributed by atoms with van der Waals surface area (Å²) in [6.07, 6.45) is 3.04. The number of aromatic nitrogens is 2. The lowest BCUT2D eigenvalue weighted by Crippen LogP contribution is -1.90. The Morgan fingerprint density at radius 3 is 2.92 bits per heavy atom. The van der Waals surface area contributed by atoms with Gasteiger partial charge in [-0.1, -0.05) is 16.8 Å². The van der Waals surface area contributed by atoms with Gasteiger partial charge in [0.15, 0.2) is 0 Å². The molecule has 5 heteroatoms. The number of nitrogens with two attached hydrogens (primary N) is 1. The molecule has 0 aliphatic carbocycles. The summed E-state index contributed by atoms with van der Waals surface area (Å²) in [6.45, 7) is 0. The first-order chi connectivity index (χ1) is 6.27. The topological polar surface area (TPSA) is 64.9 Å². The van der Waals surface area contributed by atoms with Crippen molar-refractivity contribution in [3.05, 3.63) is 29.6 Å². The monoisotopic (exact) mass is 195 g/mol. The highest BCUT2D eigenvalue weighted by molar-refractivity contribution is 6.33. The Balaban J connectivity index is 2.53. The maximum atomic E-state index is 5.92. The van der Waals surface area contributed by atoms with E-state index in [-0.39, 0.29) is 0 Å². The largest absolute Gasteiger partial charge is 0.384 e. The summed E-state index contributed by atoms with van der Waals surface area (Å²) >= 11 is 5.92. The predicted octanol–water partition coefficient (Wildman–Crippen LogP) is 1.97. The van der Waals surface area contributed by atoms with Crippen molar-refractivity contribution in [1.29, 1.82) is 0 Å². The number of hydrogen-bond donors (Lipinski definition) is 1. The molecule has 2 aromatic rings. The molecular weight excluding hydrogens is 190 g/mol. The molecule has 2 aromatic heterocycles. The Bertz CT molecular complexity index is 413. The first-order valence-electron chi connectivity index (χ1n) is 3.59. The van der Waals surface area contributed by atoms with E-state index in [9.17, 15) is 0 Å². The summed E-state index contributed by atoms with van der Waals surface area (Å²) in [5.74, 6) is 0.386. The second kappa shape index (κ2) is 3.06. The molecule has 0 aromatic carbocycles. The maximum Gasteiger partial charge on any atom is 0.124 e. The van der Waals surface area contributed by atoms with E-state index in [0.717, 1.165) is 0 Å². The molecule has 2 rings (SSSR count). The second-order valence-electron chi connectivity index (χ2n) is 2.47. The quantitative estimate of drug-likeness (QED) is 0.756. The van der Waals surface area contributed by atoms with Crippen LogP contribution in [0.25, 0.3) is 11.3 Å². The van der Waals surface area contributed by atoms with Crippen molar-refractivity contribution in [3.8, 4) is 11.3 Å². The Kier molecular flexibility index (Phi) is 1.90. The lowest BCUT2D eigenvalue weighted by molar-refractivity contribution is 0.422. The fourth-order valence-electron chi connectivity index (χ4n) is 0.986. The van der Waals surface area contributed by atoms with E-state index in [1.54, 1.807) is 18.3 Å². The number of pyridine rings is 1. The molecule has 0 atom stereocenters. The van der Waals surface area contributed by atoms with Gasteiger partial charge in [-0.2, -0.15) is 0 Å². The Morgan fingerprint density at radius 2 is 2.31 bits per heavy atom. The van der Waals surface area contributed by atoms with E-state index in [0.29, 0.717) is 22.1 Å². The van der Waals surface area contributed by atoms with Gasteiger partial charge >= 0.3 is 0 Å². The zero-order valence-corrected chi connectivity index (χ0v) is 7.32. The molecule has 0 amide bonds. The lowest BCUT2D eigenvalue weighted by Gasteiger charge is -1.99. The summed E-state index contributed by atoms with van der Waals surface area (Å²) in [4.78, 5) is 3.91. The van der Waals surface area contributed by atoms with Crippen LogP contribution in [-0.2, 0) is 0 Å². The van der Waals surface area contributed by atoms with Crippen molar-refractivity contribution >= 4 is 17.4 Å². The molecule has 13 heavy (non-hydrogen) atoms. The van der Waals surface area contributed by atoms with E-state index < -0.39 is 0 Å². The van der Waals surface area contributed by atoms with Crippen LogP contribution in [0.5, 0.6) is 0 Å². The molecule has 0 aliphatic heterocycles. The molecule has 0 saturated carbocycles. The first kappa shape index (κ1) is 8.07. The van der Waals surface area contributed by atoms with E-state index in [1.807, 2.05) is 0 Å². The van der Waals surface area contributed by atoms with Gasteiger partial charge in [-0.05, 0) is 6.07 Å². The Labute approximate surface area is 79.3 Å². The normalized spacial score (nSPS) is 10.2. The number of halogens is 1. The van der Waals surface area contributed by atoms with Gasteiger partial charge in [0.1, 0.15) is 17.8 Å². The van der Waals surface area contributed by atoms with Gasteiger partial charge in [-0.25, -0.2) is 4.98 Å². The van der Waals surface area contributed by atoms with E-state index in [1.165, 1.54) is 6.26 Å². The zero-order chi connectivity index (χ0) is 9.26. The summed E-state index contributed by atoms with van der Waals surface area (Å²) in [6, 6.07) is 3.28. The average molecular weight is 196 g/mol. The number of rotatable bonds is 1. The standard InChI is InChI=1S/C8H6ClN3O/c9-6-3-8(10)11-4-5(6)7-1-2-13-12-7/h1-4H,(H2,10,11). The fourth-order valence-corrected chi connectivity index (χ4v) is 1.24. The van der Waals surface area contributed by atoms with Crippen LogP contribution >= 0.6 is 11.6 Å². The van der Waals surface area contributed by atoms with Gasteiger partial charge < -0.3 is 10.3 Å². The van der Waals surface area contributed by atoms with Crippen molar-refractivity contribution in [3.63, 3.8) is 0 Å². The molecule has 0 fully saturated rings. The van der Waals surface area contributed by atoms with E-state index in [4.69, 9.17) is 17.3 Å². The maximum absolute atomic E-state index is 5.92. The van der Waals surface area contributed by atoms with Crippen LogP contribution in [0.15, 0.2) is 29.1 Å². The molecule has 0 aliphatic rings. The summed E-state index contributed by atoms with van der Waals surface area (Å²) in [7, 11) is 0. The number of hydrogen-bond acceptors (Lipinski definition) is 4. The summed E-state index contributed by atoms with van der Waals surface area (Å²) in [5.41, 5.74) is 6.80. The SMILES string of the molecule is Nc1cc(Cl)c(-c2ccon2)cn1. The van der Waals surface area contributed by atoms with Crippen molar-refractivity contribution in [2.45, 2.75) is 0 Å². The molecule has 0 saturated heterocycles. The highest BCUT2D eigenvalue weighted by Crippen LogP contribution is 2.26. The molecule has 2 N–H and O–H groups in total. The van der Waals surface area contributed by atoms with Crippen molar-refractivity contribution in [2.75, 3.05) is 5.73 Å². The zero-order valence-electron chi connectivity index (χ0n) is 6.57. The lowest BCUT2D eigenvalue weighted by atomic mass is 10.2.